The topological polar surface area (TPSA) is 47.6 Å². The van der Waals surface area contributed by atoms with E-state index in [4.69, 9.17) is 9.47 Å². The standard InChI is InChI=1S/C11H23NO3S/c1-9(2)12-10(11(13)15-4)8-16-7-5-6-14-3/h9-10,12H,5-8H2,1-4H3. The fourth-order valence-corrected chi connectivity index (χ4v) is 2.19. The van der Waals surface area contributed by atoms with Crippen molar-refractivity contribution in [2.24, 2.45) is 0 Å². The van der Waals surface area contributed by atoms with E-state index in [2.05, 4.69) is 5.32 Å². The summed E-state index contributed by atoms with van der Waals surface area (Å²) in [4.78, 5) is 11.4. The van der Waals surface area contributed by atoms with Crippen LogP contribution in [0.5, 0.6) is 0 Å². The summed E-state index contributed by atoms with van der Waals surface area (Å²) < 4.78 is 9.71. The molecule has 0 aliphatic heterocycles. The molecule has 4 nitrogen and oxygen atoms in total. The summed E-state index contributed by atoms with van der Waals surface area (Å²) in [6.45, 7) is 4.81. The molecular formula is C11H23NO3S. The number of carbonyl (C=O) groups is 1. The van der Waals surface area contributed by atoms with Gasteiger partial charge in [0.15, 0.2) is 0 Å². The van der Waals surface area contributed by atoms with Crippen LogP contribution in [0.15, 0.2) is 0 Å². The van der Waals surface area contributed by atoms with Crippen LogP contribution in [0.2, 0.25) is 0 Å². The van der Waals surface area contributed by atoms with E-state index in [9.17, 15) is 4.79 Å². The van der Waals surface area contributed by atoms with Gasteiger partial charge >= 0.3 is 5.97 Å². The van der Waals surface area contributed by atoms with Crippen molar-refractivity contribution in [3.8, 4) is 0 Å². The van der Waals surface area contributed by atoms with Gasteiger partial charge in [-0.15, -0.1) is 0 Å². The maximum atomic E-state index is 11.4. The molecule has 0 amide bonds. The number of nitrogens with one attached hydrogen (secondary N) is 1. The highest BCUT2D eigenvalue weighted by Gasteiger charge is 2.19. The number of thioether (sulfide) groups is 1. The molecule has 0 spiro atoms. The molecule has 0 aromatic carbocycles. The number of carbonyl (C=O) groups excluding carboxylic acids is 1. The molecule has 1 N–H and O–H groups in total. The van der Waals surface area contributed by atoms with Gasteiger partial charge in [0.2, 0.25) is 0 Å². The van der Waals surface area contributed by atoms with Crippen molar-refractivity contribution in [3.63, 3.8) is 0 Å². The first-order valence-electron chi connectivity index (χ1n) is 5.52. The summed E-state index contributed by atoms with van der Waals surface area (Å²) in [5, 5.41) is 3.19. The van der Waals surface area contributed by atoms with E-state index in [1.807, 2.05) is 13.8 Å². The lowest BCUT2D eigenvalue weighted by atomic mass is 10.3. The molecule has 0 bridgehead atoms. The molecule has 0 radical (unpaired) electrons. The third-order valence-corrected chi connectivity index (χ3v) is 3.09. The Morgan fingerprint density at radius 3 is 2.56 bits per heavy atom. The second-order valence-corrected chi connectivity index (χ2v) is 4.97. The van der Waals surface area contributed by atoms with Crippen molar-refractivity contribution in [3.05, 3.63) is 0 Å². The van der Waals surface area contributed by atoms with E-state index >= 15 is 0 Å². The Bertz CT molecular complexity index is 188. The van der Waals surface area contributed by atoms with Gasteiger partial charge in [-0.2, -0.15) is 11.8 Å². The van der Waals surface area contributed by atoms with Crippen molar-refractivity contribution in [2.75, 3.05) is 32.3 Å². The van der Waals surface area contributed by atoms with Crippen LogP contribution in [-0.2, 0) is 14.3 Å². The van der Waals surface area contributed by atoms with Crippen LogP contribution in [0.1, 0.15) is 20.3 Å². The van der Waals surface area contributed by atoms with Crippen LogP contribution in [0.3, 0.4) is 0 Å². The molecule has 0 fully saturated rings. The highest BCUT2D eigenvalue weighted by molar-refractivity contribution is 7.99. The maximum absolute atomic E-state index is 11.4. The fraction of sp³-hybridized carbons (Fsp3) is 0.909. The van der Waals surface area contributed by atoms with Gasteiger partial charge < -0.3 is 14.8 Å². The number of esters is 1. The van der Waals surface area contributed by atoms with E-state index < -0.39 is 0 Å². The normalized spacial score (nSPS) is 12.8. The van der Waals surface area contributed by atoms with Gasteiger partial charge in [-0.3, -0.25) is 4.79 Å². The predicted octanol–water partition coefficient (Wildman–Crippen LogP) is 1.30. The molecule has 0 aliphatic rings. The van der Waals surface area contributed by atoms with Crippen LogP contribution in [0.4, 0.5) is 0 Å². The minimum absolute atomic E-state index is 0.187. The van der Waals surface area contributed by atoms with Crippen molar-refractivity contribution in [1.29, 1.82) is 0 Å². The number of methoxy groups -OCH3 is 2. The van der Waals surface area contributed by atoms with Crippen LogP contribution < -0.4 is 5.32 Å². The Balaban J connectivity index is 3.79. The number of hydrogen-bond acceptors (Lipinski definition) is 5. The lowest BCUT2D eigenvalue weighted by molar-refractivity contribution is -0.142. The van der Waals surface area contributed by atoms with E-state index in [1.54, 1.807) is 18.9 Å². The zero-order valence-electron chi connectivity index (χ0n) is 10.6. The van der Waals surface area contributed by atoms with Crippen LogP contribution in [0, 0.1) is 0 Å². The van der Waals surface area contributed by atoms with Crippen LogP contribution >= 0.6 is 11.8 Å². The second-order valence-electron chi connectivity index (χ2n) is 3.82. The third-order valence-electron chi connectivity index (χ3n) is 1.94. The summed E-state index contributed by atoms with van der Waals surface area (Å²) in [6.07, 6.45) is 1.01. The van der Waals surface area contributed by atoms with Crippen molar-refractivity contribution < 1.29 is 14.3 Å². The smallest absolute Gasteiger partial charge is 0.323 e. The van der Waals surface area contributed by atoms with Gasteiger partial charge in [0.1, 0.15) is 6.04 Å². The molecule has 16 heavy (non-hydrogen) atoms. The summed E-state index contributed by atoms with van der Waals surface area (Å²) in [5.74, 6) is 1.56. The average molecular weight is 249 g/mol. The van der Waals surface area contributed by atoms with Gasteiger partial charge in [-0.1, -0.05) is 13.8 Å². The van der Waals surface area contributed by atoms with Crippen molar-refractivity contribution >= 4 is 17.7 Å². The summed E-state index contributed by atoms with van der Waals surface area (Å²) in [6, 6.07) is 0.0706. The summed E-state index contributed by atoms with van der Waals surface area (Å²) >= 11 is 1.74. The van der Waals surface area contributed by atoms with Gasteiger partial charge in [-0.25, -0.2) is 0 Å². The largest absolute Gasteiger partial charge is 0.468 e. The fourth-order valence-electron chi connectivity index (χ4n) is 1.24. The number of hydrogen-bond donors (Lipinski definition) is 1. The zero-order valence-corrected chi connectivity index (χ0v) is 11.4. The predicted molar refractivity (Wildman–Crippen MR) is 67.9 cm³/mol. The molecule has 0 rings (SSSR count). The first kappa shape index (κ1) is 15.7. The Kier molecular flexibility index (Phi) is 9.77. The lowest BCUT2D eigenvalue weighted by Crippen LogP contribution is -2.43. The molecule has 0 aromatic heterocycles. The van der Waals surface area contributed by atoms with E-state index in [-0.39, 0.29) is 18.1 Å². The van der Waals surface area contributed by atoms with E-state index in [1.165, 1.54) is 7.11 Å². The molecule has 96 valence electrons. The second kappa shape index (κ2) is 9.93. The monoisotopic (exact) mass is 249 g/mol. The Hall–Kier alpha value is -0.260. The molecule has 0 saturated carbocycles. The SMILES string of the molecule is COCCCSCC(NC(C)C)C(=O)OC. The lowest BCUT2D eigenvalue weighted by Gasteiger charge is -2.18. The van der Waals surface area contributed by atoms with E-state index in [0.717, 1.165) is 24.5 Å². The van der Waals surface area contributed by atoms with Crippen molar-refractivity contribution in [2.45, 2.75) is 32.4 Å². The maximum Gasteiger partial charge on any atom is 0.323 e. The molecule has 0 heterocycles. The molecule has 5 heteroatoms. The Morgan fingerprint density at radius 2 is 2.06 bits per heavy atom. The quantitative estimate of drug-likeness (QED) is 0.493. The minimum atomic E-state index is -0.211. The van der Waals surface area contributed by atoms with Gasteiger partial charge in [0, 0.05) is 25.5 Å². The van der Waals surface area contributed by atoms with Crippen molar-refractivity contribution in [1.82, 2.24) is 5.32 Å². The molecule has 0 aromatic rings. The first-order chi connectivity index (χ1) is 7.61. The average Bonchev–Trinajstić information content (AvgIpc) is 2.25. The van der Waals surface area contributed by atoms with Gasteiger partial charge in [0.25, 0.3) is 0 Å². The molecule has 1 unspecified atom stereocenters. The summed E-state index contributed by atoms with van der Waals surface area (Å²) in [5.41, 5.74) is 0. The molecular weight excluding hydrogens is 226 g/mol. The van der Waals surface area contributed by atoms with Gasteiger partial charge in [0.05, 0.1) is 7.11 Å². The minimum Gasteiger partial charge on any atom is -0.468 e. The molecule has 0 saturated heterocycles. The summed E-state index contributed by atoms with van der Waals surface area (Å²) in [7, 11) is 3.12. The Labute approximate surface area is 102 Å². The molecule has 0 aliphatic carbocycles. The number of ether oxygens (including phenoxy) is 2. The highest BCUT2D eigenvalue weighted by Crippen LogP contribution is 2.07. The van der Waals surface area contributed by atoms with Gasteiger partial charge in [-0.05, 0) is 12.2 Å². The number of rotatable bonds is 9. The first-order valence-corrected chi connectivity index (χ1v) is 6.67. The Morgan fingerprint density at radius 1 is 1.38 bits per heavy atom. The third kappa shape index (κ3) is 7.96. The highest BCUT2D eigenvalue weighted by atomic mass is 32.2. The van der Waals surface area contributed by atoms with Crippen LogP contribution in [0.25, 0.3) is 0 Å². The molecule has 1 atom stereocenters. The van der Waals surface area contributed by atoms with E-state index in [0.29, 0.717) is 0 Å². The van der Waals surface area contributed by atoms with Crippen LogP contribution in [-0.4, -0.2) is 50.4 Å². The zero-order chi connectivity index (χ0) is 12.4.